The van der Waals surface area contributed by atoms with E-state index in [0.29, 0.717) is 5.92 Å². The van der Waals surface area contributed by atoms with Crippen LogP contribution in [0.1, 0.15) is 6.42 Å². The molecule has 1 aliphatic heterocycles. The van der Waals surface area contributed by atoms with Crippen LogP contribution in [0.4, 0.5) is 5.82 Å². The van der Waals surface area contributed by atoms with Crippen molar-refractivity contribution >= 4 is 30.0 Å². The minimum atomic E-state index is 0. The molecule has 6 heteroatoms. The highest BCUT2D eigenvalue weighted by atomic mass is 35.5. The van der Waals surface area contributed by atoms with Gasteiger partial charge in [-0.1, -0.05) is 11.8 Å². The van der Waals surface area contributed by atoms with Gasteiger partial charge in [-0.05, 0) is 31.2 Å². The van der Waals surface area contributed by atoms with Gasteiger partial charge >= 0.3 is 0 Å². The highest BCUT2D eigenvalue weighted by Crippen LogP contribution is 2.22. The highest BCUT2D eigenvalue weighted by Gasteiger charge is 2.22. The molecule has 0 radical (unpaired) electrons. The number of nitrogens with zero attached hydrogens (tertiary/aromatic N) is 3. The van der Waals surface area contributed by atoms with Crippen molar-refractivity contribution in [1.29, 1.82) is 0 Å². The molecule has 16 heavy (non-hydrogen) atoms. The van der Waals surface area contributed by atoms with Gasteiger partial charge in [-0.2, -0.15) is 0 Å². The normalized spacial score (nSPS) is 19.6. The van der Waals surface area contributed by atoms with Gasteiger partial charge in [0.2, 0.25) is 0 Å². The van der Waals surface area contributed by atoms with E-state index in [4.69, 9.17) is 5.73 Å². The number of aromatic nitrogens is 2. The van der Waals surface area contributed by atoms with E-state index in [-0.39, 0.29) is 12.4 Å². The van der Waals surface area contributed by atoms with Gasteiger partial charge in [0.05, 0.1) is 0 Å². The first-order valence-electron chi connectivity index (χ1n) is 5.15. The second kappa shape index (κ2) is 6.27. The predicted molar refractivity (Wildman–Crippen MR) is 70.4 cm³/mol. The fourth-order valence-corrected chi connectivity index (χ4v) is 2.19. The van der Waals surface area contributed by atoms with Crippen LogP contribution in [0.5, 0.6) is 0 Å². The summed E-state index contributed by atoms with van der Waals surface area (Å²) in [5.74, 6) is 1.66. The molecule has 0 amide bonds. The van der Waals surface area contributed by atoms with Crippen LogP contribution < -0.4 is 10.6 Å². The minimum absolute atomic E-state index is 0. The van der Waals surface area contributed by atoms with E-state index in [2.05, 4.69) is 14.9 Å². The van der Waals surface area contributed by atoms with E-state index < -0.39 is 0 Å². The SMILES string of the molecule is CSc1nccc(N2CCC(CN)C2)n1.Cl. The van der Waals surface area contributed by atoms with E-state index in [1.165, 1.54) is 6.42 Å². The van der Waals surface area contributed by atoms with Crippen molar-refractivity contribution in [2.75, 3.05) is 30.8 Å². The molecule has 0 aromatic carbocycles. The third-order valence-corrected chi connectivity index (χ3v) is 3.31. The van der Waals surface area contributed by atoms with Crippen molar-refractivity contribution in [2.45, 2.75) is 11.6 Å². The lowest BCUT2D eigenvalue weighted by Gasteiger charge is -2.17. The van der Waals surface area contributed by atoms with Crippen LogP contribution in [0, 0.1) is 5.92 Å². The maximum Gasteiger partial charge on any atom is 0.189 e. The Kier molecular flexibility index (Phi) is 5.31. The summed E-state index contributed by atoms with van der Waals surface area (Å²) in [6, 6.07) is 1.97. The van der Waals surface area contributed by atoms with Gasteiger partial charge in [0.1, 0.15) is 5.82 Å². The third-order valence-electron chi connectivity index (χ3n) is 2.74. The van der Waals surface area contributed by atoms with Crippen LogP contribution in [0.25, 0.3) is 0 Å². The summed E-state index contributed by atoms with van der Waals surface area (Å²) < 4.78 is 0. The molecule has 1 unspecified atom stereocenters. The molecule has 0 aliphatic carbocycles. The van der Waals surface area contributed by atoms with Crippen molar-refractivity contribution in [3.05, 3.63) is 12.3 Å². The molecule has 2 rings (SSSR count). The molecule has 4 nitrogen and oxygen atoms in total. The first kappa shape index (κ1) is 13.5. The van der Waals surface area contributed by atoms with Gasteiger partial charge in [0.25, 0.3) is 0 Å². The summed E-state index contributed by atoms with van der Waals surface area (Å²) in [6.07, 6.45) is 4.99. The molecular weight excluding hydrogens is 244 g/mol. The summed E-state index contributed by atoms with van der Waals surface area (Å²) >= 11 is 1.57. The van der Waals surface area contributed by atoms with Gasteiger partial charge in [-0.15, -0.1) is 12.4 Å². The Labute approximate surface area is 106 Å². The molecule has 1 aliphatic rings. The van der Waals surface area contributed by atoms with Crippen LogP contribution in [0.2, 0.25) is 0 Å². The van der Waals surface area contributed by atoms with Crippen LogP contribution in [0.15, 0.2) is 17.4 Å². The van der Waals surface area contributed by atoms with Crippen LogP contribution in [-0.2, 0) is 0 Å². The zero-order valence-corrected chi connectivity index (χ0v) is 10.9. The average molecular weight is 261 g/mol. The fourth-order valence-electron chi connectivity index (χ4n) is 1.84. The molecule has 1 fully saturated rings. The van der Waals surface area contributed by atoms with Crippen molar-refractivity contribution in [3.63, 3.8) is 0 Å². The van der Waals surface area contributed by atoms with Gasteiger partial charge < -0.3 is 10.6 Å². The molecular formula is C10H17ClN4S. The zero-order valence-electron chi connectivity index (χ0n) is 9.30. The molecule has 0 bridgehead atoms. The lowest BCUT2D eigenvalue weighted by atomic mass is 10.1. The van der Waals surface area contributed by atoms with E-state index in [0.717, 1.165) is 30.6 Å². The molecule has 2 N–H and O–H groups in total. The molecule has 90 valence electrons. The topological polar surface area (TPSA) is 55.0 Å². The summed E-state index contributed by atoms with van der Waals surface area (Å²) in [7, 11) is 0. The maximum absolute atomic E-state index is 5.67. The van der Waals surface area contributed by atoms with Crippen molar-refractivity contribution in [3.8, 4) is 0 Å². The molecule has 1 aromatic heterocycles. The summed E-state index contributed by atoms with van der Waals surface area (Å²) in [5, 5.41) is 0.837. The lowest BCUT2D eigenvalue weighted by molar-refractivity contribution is 0.602. The Hall–Kier alpha value is -0.520. The minimum Gasteiger partial charge on any atom is -0.356 e. The smallest absolute Gasteiger partial charge is 0.189 e. The molecule has 1 saturated heterocycles. The van der Waals surface area contributed by atoms with E-state index in [9.17, 15) is 0 Å². The Morgan fingerprint density at radius 2 is 2.44 bits per heavy atom. The molecule has 2 heterocycles. The number of thioether (sulfide) groups is 1. The Morgan fingerprint density at radius 3 is 3.06 bits per heavy atom. The number of rotatable bonds is 3. The van der Waals surface area contributed by atoms with Gasteiger partial charge in [0, 0.05) is 19.3 Å². The Morgan fingerprint density at radius 1 is 1.62 bits per heavy atom. The Balaban J connectivity index is 0.00000128. The van der Waals surface area contributed by atoms with Gasteiger partial charge in [-0.25, -0.2) is 9.97 Å². The number of hydrogen-bond donors (Lipinski definition) is 1. The van der Waals surface area contributed by atoms with Gasteiger partial charge in [0.15, 0.2) is 5.16 Å². The van der Waals surface area contributed by atoms with Crippen LogP contribution in [-0.4, -0.2) is 35.9 Å². The summed E-state index contributed by atoms with van der Waals surface area (Å²) in [4.78, 5) is 10.9. The fraction of sp³-hybridized carbons (Fsp3) is 0.600. The van der Waals surface area contributed by atoms with E-state index in [1.54, 1.807) is 11.8 Å². The summed E-state index contributed by atoms with van der Waals surface area (Å²) in [5.41, 5.74) is 5.67. The standard InChI is InChI=1S/C10H16N4S.ClH/c1-15-10-12-4-2-9(13-10)14-5-3-8(6-11)7-14;/h2,4,8H,3,5-7,11H2,1H3;1H. The number of anilines is 1. The molecule has 1 atom stereocenters. The largest absolute Gasteiger partial charge is 0.356 e. The zero-order chi connectivity index (χ0) is 10.7. The van der Waals surface area contributed by atoms with Crippen molar-refractivity contribution < 1.29 is 0 Å². The Bertz CT molecular complexity index is 336. The maximum atomic E-state index is 5.67. The van der Waals surface area contributed by atoms with Crippen LogP contribution in [0.3, 0.4) is 0 Å². The molecule has 0 saturated carbocycles. The second-order valence-corrected chi connectivity index (χ2v) is 4.51. The second-order valence-electron chi connectivity index (χ2n) is 3.74. The number of hydrogen-bond acceptors (Lipinski definition) is 5. The predicted octanol–water partition coefficient (Wildman–Crippen LogP) is 1.41. The highest BCUT2D eigenvalue weighted by molar-refractivity contribution is 7.98. The van der Waals surface area contributed by atoms with Crippen LogP contribution >= 0.6 is 24.2 Å². The first-order valence-corrected chi connectivity index (χ1v) is 6.38. The summed E-state index contributed by atoms with van der Waals surface area (Å²) in [6.45, 7) is 2.87. The first-order chi connectivity index (χ1) is 7.33. The monoisotopic (exact) mass is 260 g/mol. The molecule has 0 spiro atoms. The van der Waals surface area contributed by atoms with E-state index >= 15 is 0 Å². The number of nitrogens with two attached hydrogens (primary N) is 1. The average Bonchev–Trinajstić information content (AvgIpc) is 2.78. The quantitative estimate of drug-likeness (QED) is 0.658. The number of halogens is 1. The lowest BCUT2D eigenvalue weighted by Crippen LogP contribution is -2.23. The molecule has 1 aromatic rings. The van der Waals surface area contributed by atoms with E-state index in [1.807, 2.05) is 18.5 Å². The van der Waals surface area contributed by atoms with Crippen molar-refractivity contribution in [1.82, 2.24) is 9.97 Å². The van der Waals surface area contributed by atoms with Gasteiger partial charge in [-0.3, -0.25) is 0 Å². The third kappa shape index (κ3) is 2.99. The van der Waals surface area contributed by atoms with Crippen molar-refractivity contribution in [2.24, 2.45) is 11.7 Å².